The Morgan fingerprint density at radius 2 is 1.65 bits per heavy atom. The summed E-state index contributed by atoms with van der Waals surface area (Å²) in [6.45, 7) is 11.5. The Kier molecular flexibility index (Phi) is 9.09. The number of benzene rings is 1. The third-order valence-electron chi connectivity index (χ3n) is 4.81. The van der Waals surface area contributed by atoms with Crippen LogP contribution in [0.4, 0.5) is 9.59 Å². The van der Waals surface area contributed by atoms with Crippen LogP contribution < -0.4 is 10.6 Å². The number of aliphatic carboxylic acids is 1. The maximum Gasteiger partial charge on any atom is 0.419 e. The largest absolute Gasteiger partial charge is 0.480 e. The number of aromatic nitrogens is 1. The second-order valence-electron chi connectivity index (χ2n) is 10.2. The van der Waals surface area contributed by atoms with E-state index >= 15 is 0 Å². The highest BCUT2D eigenvalue weighted by Crippen LogP contribution is 2.23. The van der Waals surface area contributed by atoms with Gasteiger partial charge in [0.05, 0.1) is 5.52 Å². The maximum atomic E-state index is 12.6. The first-order valence-corrected chi connectivity index (χ1v) is 11.5. The van der Waals surface area contributed by atoms with Gasteiger partial charge in [0.25, 0.3) is 0 Å². The molecule has 0 unspecified atom stereocenters. The molecule has 2 rings (SSSR count). The number of amides is 1. The molecule has 0 radical (unpaired) electrons. The van der Waals surface area contributed by atoms with Crippen LogP contribution in [0.5, 0.6) is 0 Å². The Balaban J connectivity index is 1.95. The molecule has 0 bridgehead atoms. The van der Waals surface area contributed by atoms with E-state index in [1.165, 1.54) is 4.57 Å². The van der Waals surface area contributed by atoms with Gasteiger partial charge >= 0.3 is 18.2 Å². The van der Waals surface area contributed by atoms with Crippen molar-refractivity contribution in [2.45, 2.75) is 84.6 Å². The first-order valence-electron chi connectivity index (χ1n) is 11.5. The fraction of sp³-hybridized carbons (Fsp3) is 0.560. The Morgan fingerprint density at radius 3 is 2.26 bits per heavy atom. The number of ether oxygens (including phenoxy) is 2. The van der Waals surface area contributed by atoms with Crippen LogP contribution >= 0.6 is 0 Å². The van der Waals surface area contributed by atoms with Gasteiger partial charge in [0.15, 0.2) is 0 Å². The standard InChI is InChI=1S/C25H37N3O6/c1-24(2,3)33-22(31)26-14-10-9-12-19(21(29)30)27-15-17-16-28(23(32)34-25(4,5)6)20-13-8-7-11-18(17)20/h7-8,11,13,16,19,27H,9-10,12,14-15H2,1-6H3,(H,26,31)(H,29,30)/t19-/m0/s1. The first kappa shape index (κ1) is 27.2. The normalized spacial score (nSPS) is 12.9. The number of rotatable bonds is 9. The van der Waals surface area contributed by atoms with Gasteiger partial charge in [-0.05, 0) is 72.4 Å². The molecule has 0 saturated heterocycles. The molecule has 2 aromatic rings. The number of carbonyl (C=O) groups excluding carboxylic acids is 2. The molecule has 1 aromatic carbocycles. The maximum absolute atomic E-state index is 12.6. The Labute approximate surface area is 200 Å². The number of carboxylic acids is 1. The molecule has 0 aliphatic rings. The summed E-state index contributed by atoms with van der Waals surface area (Å²) < 4.78 is 12.1. The van der Waals surface area contributed by atoms with Crippen molar-refractivity contribution < 1.29 is 29.0 Å². The van der Waals surface area contributed by atoms with Gasteiger partial charge in [0, 0.05) is 24.7 Å². The molecule has 0 aliphatic carbocycles. The lowest BCUT2D eigenvalue weighted by atomic mass is 10.1. The van der Waals surface area contributed by atoms with Gasteiger partial charge in [-0.3, -0.25) is 9.36 Å². The van der Waals surface area contributed by atoms with Crippen molar-refractivity contribution in [2.24, 2.45) is 0 Å². The molecule has 188 valence electrons. The average molecular weight is 476 g/mol. The number of hydrogen-bond donors (Lipinski definition) is 3. The molecule has 1 aromatic heterocycles. The van der Waals surface area contributed by atoms with Crippen molar-refractivity contribution in [1.29, 1.82) is 0 Å². The smallest absolute Gasteiger partial charge is 0.419 e. The molecular weight excluding hydrogens is 438 g/mol. The predicted molar refractivity (Wildman–Crippen MR) is 130 cm³/mol. The van der Waals surface area contributed by atoms with Crippen molar-refractivity contribution in [3.63, 3.8) is 0 Å². The van der Waals surface area contributed by atoms with Crippen LogP contribution in [0.25, 0.3) is 10.9 Å². The minimum absolute atomic E-state index is 0.281. The highest BCUT2D eigenvalue weighted by Gasteiger charge is 2.22. The molecule has 1 heterocycles. The number of carbonyl (C=O) groups is 3. The Morgan fingerprint density at radius 1 is 1.00 bits per heavy atom. The summed E-state index contributed by atoms with van der Waals surface area (Å²) in [6, 6.07) is 6.68. The number of alkyl carbamates (subject to hydrolysis) is 1. The number of unbranched alkanes of at least 4 members (excludes halogenated alkanes) is 1. The summed E-state index contributed by atoms with van der Waals surface area (Å²) in [7, 11) is 0. The zero-order chi connectivity index (χ0) is 25.5. The highest BCUT2D eigenvalue weighted by atomic mass is 16.6. The van der Waals surface area contributed by atoms with Crippen LogP contribution in [0.3, 0.4) is 0 Å². The summed E-state index contributed by atoms with van der Waals surface area (Å²) in [5.74, 6) is -0.948. The van der Waals surface area contributed by atoms with Crippen LogP contribution in [0, 0.1) is 0 Å². The molecule has 1 amide bonds. The van der Waals surface area contributed by atoms with Gasteiger partial charge in [-0.2, -0.15) is 0 Å². The van der Waals surface area contributed by atoms with Gasteiger partial charge in [0.1, 0.15) is 17.2 Å². The fourth-order valence-electron chi connectivity index (χ4n) is 3.38. The number of fused-ring (bicyclic) bond motifs is 1. The van der Waals surface area contributed by atoms with Crippen LogP contribution in [0.2, 0.25) is 0 Å². The lowest BCUT2D eigenvalue weighted by Crippen LogP contribution is -2.36. The lowest BCUT2D eigenvalue weighted by molar-refractivity contribution is -0.139. The highest BCUT2D eigenvalue weighted by molar-refractivity contribution is 5.92. The van der Waals surface area contributed by atoms with Gasteiger partial charge in [0.2, 0.25) is 0 Å². The molecule has 0 aliphatic heterocycles. The van der Waals surface area contributed by atoms with E-state index in [0.717, 1.165) is 10.9 Å². The van der Waals surface area contributed by atoms with Crippen molar-refractivity contribution in [3.05, 3.63) is 36.0 Å². The van der Waals surface area contributed by atoms with Crippen LogP contribution in [-0.2, 0) is 20.8 Å². The van der Waals surface area contributed by atoms with Gasteiger partial charge in [-0.25, -0.2) is 9.59 Å². The zero-order valence-corrected chi connectivity index (χ0v) is 20.9. The van der Waals surface area contributed by atoms with Gasteiger partial charge < -0.3 is 25.2 Å². The van der Waals surface area contributed by atoms with E-state index in [0.29, 0.717) is 31.3 Å². The molecule has 0 spiro atoms. The third kappa shape index (κ3) is 8.70. The van der Waals surface area contributed by atoms with Crippen LogP contribution in [0.1, 0.15) is 66.4 Å². The summed E-state index contributed by atoms with van der Waals surface area (Å²) in [4.78, 5) is 36.1. The molecule has 0 saturated carbocycles. The molecule has 0 fully saturated rings. The van der Waals surface area contributed by atoms with E-state index in [4.69, 9.17) is 9.47 Å². The van der Waals surface area contributed by atoms with E-state index in [-0.39, 0.29) is 6.54 Å². The van der Waals surface area contributed by atoms with E-state index in [1.54, 1.807) is 47.7 Å². The Hall–Kier alpha value is -3.07. The summed E-state index contributed by atoms with van der Waals surface area (Å²) in [6.07, 6.45) is 2.36. The first-order chi connectivity index (χ1) is 15.8. The quantitative estimate of drug-likeness (QED) is 0.451. The number of hydrogen-bond acceptors (Lipinski definition) is 6. The minimum Gasteiger partial charge on any atom is -0.480 e. The van der Waals surface area contributed by atoms with E-state index < -0.39 is 35.4 Å². The van der Waals surface area contributed by atoms with Gasteiger partial charge in [-0.1, -0.05) is 18.2 Å². The second kappa shape index (κ2) is 11.4. The van der Waals surface area contributed by atoms with E-state index in [2.05, 4.69) is 10.6 Å². The minimum atomic E-state index is -0.948. The van der Waals surface area contributed by atoms with Crippen LogP contribution in [-0.4, -0.2) is 51.6 Å². The molecular formula is C25H37N3O6. The third-order valence-corrected chi connectivity index (χ3v) is 4.81. The monoisotopic (exact) mass is 475 g/mol. The van der Waals surface area contributed by atoms with E-state index in [1.807, 2.05) is 24.3 Å². The number of nitrogens with one attached hydrogen (secondary N) is 2. The zero-order valence-electron chi connectivity index (χ0n) is 20.9. The van der Waals surface area contributed by atoms with Gasteiger partial charge in [-0.15, -0.1) is 0 Å². The fourth-order valence-corrected chi connectivity index (χ4v) is 3.38. The topological polar surface area (TPSA) is 119 Å². The molecule has 3 N–H and O–H groups in total. The molecule has 1 atom stereocenters. The van der Waals surface area contributed by atoms with Crippen molar-refractivity contribution in [1.82, 2.24) is 15.2 Å². The number of carboxylic acid groups (broad SMARTS) is 1. The number of para-hydroxylation sites is 1. The lowest BCUT2D eigenvalue weighted by Gasteiger charge is -2.19. The summed E-state index contributed by atoms with van der Waals surface area (Å²) >= 11 is 0. The summed E-state index contributed by atoms with van der Waals surface area (Å²) in [5.41, 5.74) is 0.316. The van der Waals surface area contributed by atoms with Crippen molar-refractivity contribution >= 4 is 29.1 Å². The SMILES string of the molecule is CC(C)(C)OC(=O)NCCCC[C@H](NCc1cn(C(=O)OC(C)(C)C)c2ccccc12)C(=O)O. The molecule has 34 heavy (non-hydrogen) atoms. The van der Waals surface area contributed by atoms with Crippen molar-refractivity contribution in [3.8, 4) is 0 Å². The van der Waals surface area contributed by atoms with Crippen molar-refractivity contribution in [2.75, 3.05) is 6.54 Å². The predicted octanol–water partition coefficient (Wildman–Crippen LogP) is 4.66. The van der Waals surface area contributed by atoms with Crippen LogP contribution in [0.15, 0.2) is 30.5 Å². The second-order valence-corrected chi connectivity index (χ2v) is 10.2. The molecule has 9 nitrogen and oxygen atoms in total. The number of nitrogens with zero attached hydrogens (tertiary/aromatic N) is 1. The van der Waals surface area contributed by atoms with E-state index in [9.17, 15) is 19.5 Å². The Bertz CT molecular complexity index is 1000. The summed E-state index contributed by atoms with van der Waals surface area (Å²) in [5, 5.41) is 16.2. The molecule has 9 heteroatoms. The average Bonchev–Trinajstić information content (AvgIpc) is 3.06.